The summed E-state index contributed by atoms with van der Waals surface area (Å²) in [6.07, 6.45) is 0. The first-order chi connectivity index (χ1) is 13.9. The van der Waals surface area contributed by atoms with Gasteiger partial charge in [-0.05, 0) is 42.1 Å². The molecule has 3 aromatic rings. The van der Waals surface area contributed by atoms with Crippen LogP contribution in [0.25, 0.3) is 10.8 Å². The minimum absolute atomic E-state index is 0.0656. The molecule has 0 radical (unpaired) electrons. The van der Waals surface area contributed by atoms with Gasteiger partial charge in [0, 0.05) is 11.5 Å². The van der Waals surface area contributed by atoms with Crippen molar-refractivity contribution in [1.29, 1.82) is 0 Å². The van der Waals surface area contributed by atoms with Crippen LogP contribution in [-0.4, -0.2) is 38.2 Å². The predicted molar refractivity (Wildman–Crippen MR) is 107 cm³/mol. The van der Waals surface area contributed by atoms with Crippen molar-refractivity contribution in [3.63, 3.8) is 0 Å². The van der Waals surface area contributed by atoms with Gasteiger partial charge in [-0.1, -0.05) is 12.1 Å². The Hall–Kier alpha value is -3.06. The molecular weight excluding hydrogens is 436 g/mol. The van der Waals surface area contributed by atoms with Gasteiger partial charge < -0.3 is 9.84 Å². The highest BCUT2D eigenvalue weighted by Crippen LogP contribution is 2.38. The number of hydrogen-bond donors (Lipinski definition) is 3. The van der Waals surface area contributed by atoms with Crippen LogP contribution in [-0.2, 0) is 20.2 Å². The summed E-state index contributed by atoms with van der Waals surface area (Å²) in [5.41, 5.74) is 0.268. The maximum atomic E-state index is 11.7. The van der Waals surface area contributed by atoms with E-state index in [1.807, 2.05) is 0 Å². The third-order valence-electron chi connectivity index (χ3n) is 4.25. The van der Waals surface area contributed by atoms with Gasteiger partial charge in [-0.15, -0.1) is 10.2 Å². The number of phenolic OH excluding ortho intramolecular Hbond substituents is 1. The van der Waals surface area contributed by atoms with E-state index < -0.39 is 25.1 Å². The highest BCUT2D eigenvalue weighted by atomic mass is 32.2. The Balaban J connectivity index is 2.19. The molecule has 0 saturated heterocycles. The number of aryl methyl sites for hydroxylation is 1. The molecule has 0 spiro atoms. The largest absolute Gasteiger partial charge is 0.506 e. The fourth-order valence-corrected chi connectivity index (χ4v) is 3.94. The maximum Gasteiger partial charge on any atom is 0.296 e. The molecule has 30 heavy (non-hydrogen) atoms. The van der Waals surface area contributed by atoms with Gasteiger partial charge in [0.05, 0.1) is 12.0 Å². The monoisotopic (exact) mass is 452 g/mol. The molecule has 0 atom stereocenters. The Labute approximate surface area is 172 Å². The van der Waals surface area contributed by atoms with Crippen molar-refractivity contribution < 1.29 is 35.8 Å². The molecular formula is C18H16N2O8S2. The molecule has 0 aliphatic heterocycles. The first-order valence-corrected chi connectivity index (χ1v) is 11.1. The van der Waals surface area contributed by atoms with E-state index in [-0.39, 0.29) is 27.8 Å². The number of rotatable bonds is 5. The minimum Gasteiger partial charge on any atom is -0.506 e. The van der Waals surface area contributed by atoms with Crippen molar-refractivity contribution in [3.05, 3.63) is 48.0 Å². The van der Waals surface area contributed by atoms with Gasteiger partial charge in [0.15, 0.2) is 0 Å². The van der Waals surface area contributed by atoms with Crippen LogP contribution in [0.1, 0.15) is 5.56 Å². The highest BCUT2D eigenvalue weighted by Gasteiger charge is 2.19. The summed E-state index contributed by atoms with van der Waals surface area (Å²) < 4.78 is 69.8. The number of hydrogen-bond acceptors (Lipinski definition) is 8. The second-order valence-electron chi connectivity index (χ2n) is 6.26. The van der Waals surface area contributed by atoms with Crippen LogP contribution in [0.2, 0.25) is 0 Å². The average Bonchev–Trinajstić information content (AvgIpc) is 2.65. The van der Waals surface area contributed by atoms with Crippen molar-refractivity contribution in [2.24, 2.45) is 10.2 Å². The summed E-state index contributed by atoms with van der Waals surface area (Å²) >= 11 is 0. The molecule has 0 heterocycles. The SMILES string of the molecule is COc1cc(S(=O)(=O)O)c(N=Nc2c(O)ccc3cc(S(=O)(=O)O)ccc23)cc1C. The van der Waals surface area contributed by atoms with Gasteiger partial charge in [-0.2, -0.15) is 16.8 Å². The zero-order chi connectivity index (χ0) is 22.3. The lowest BCUT2D eigenvalue weighted by Gasteiger charge is -2.09. The highest BCUT2D eigenvalue weighted by molar-refractivity contribution is 7.86. The molecule has 0 unspecified atom stereocenters. The molecule has 158 valence electrons. The summed E-state index contributed by atoms with van der Waals surface area (Å²) in [4.78, 5) is -0.884. The number of phenols is 1. The Morgan fingerprint density at radius 1 is 0.900 bits per heavy atom. The van der Waals surface area contributed by atoms with Crippen molar-refractivity contribution >= 4 is 42.4 Å². The van der Waals surface area contributed by atoms with Gasteiger partial charge in [0.1, 0.15) is 27.8 Å². The normalized spacial score (nSPS) is 12.5. The smallest absolute Gasteiger partial charge is 0.296 e. The van der Waals surface area contributed by atoms with Gasteiger partial charge in [0.2, 0.25) is 0 Å². The van der Waals surface area contributed by atoms with Crippen LogP contribution in [0.5, 0.6) is 11.5 Å². The summed E-state index contributed by atoms with van der Waals surface area (Å²) in [6.45, 7) is 1.64. The third-order valence-corrected chi connectivity index (χ3v) is 5.98. The summed E-state index contributed by atoms with van der Waals surface area (Å²) in [5.74, 6) is -0.0863. The molecule has 0 saturated carbocycles. The van der Waals surface area contributed by atoms with E-state index in [1.165, 1.54) is 37.4 Å². The van der Waals surface area contributed by atoms with Gasteiger partial charge in [-0.3, -0.25) is 9.11 Å². The lowest BCUT2D eigenvalue weighted by Crippen LogP contribution is -2.00. The lowest BCUT2D eigenvalue weighted by molar-refractivity contribution is 0.409. The van der Waals surface area contributed by atoms with Crippen LogP contribution in [0.15, 0.2) is 62.5 Å². The van der Waals surface area contributed by atoms with E-state index in [9.17, 15) is 31.0 Å². The fourth-order valence-electron chi connectivity index (χ4n) is 2.81. The van der Waals surface area contributed by atoms with E-state index in [2.05, 4.69) is 10.2 Å². The molecule has 10 nitrogen and oxygen atoms in total. The molecule has 0 aromatic heterocycles. The number of ether oxygens (including phenoxy) is 1. The van der Waals surface area contributed by atoms with Crippen LogP contribution in [0, 0.1) is 6.92 Å². The fraction of sp³-hybridized carbons (Fsp3) is 0.111. The van der Waals surface area contributed by atoms with Crippen LogP contribution >= 0.6 is 0 Å². The molecule has 0 fully saturated rings. The first kappa shape index (κ1) is 21.6. The quantitative estimate of drug-likeness (QED) is 0.389. The van der Waals surface area contributed by atoms with E-state index in [4.69, 9.17) is 4.74 Å². The number of fused-ring (bicyclic) bond motifs is 1. The third kappa shape index (κ3) is 4.26. The summed E-state index contributed by atoms with van der Waals surface area (Å²) in [6, 6.07) is 8.72. The van der Waals surface area contributed by atoms with Gasteiger partial charge in [0.25, 0.3) is 20.2 Å². The molecule has 3 rings (SSSR count). The van der Waals surface area contributed by atoms with Crippen molar-refractivity contribution in [1.82, 2.24) is 0 Å². The Morgan fingerprint density at radius 2 is 1.60 bits per heavy atom. The minimum atomic E-state index is -4.65. The summed E-state index contributed by atoms with van der Waals surface area (Å²) in [7, 11) is -7.74. The standard InChI is InChI=1S/C18H16N2O8S2/c1-10-7-14(17(30(25,26)27)9-16(10)28-2)19-20-18-13-5-4-12(29(22,23)24)8-11(13)3-6-15(18)21/h3-9,21H,1-2H3,(H,22,23,24)(H,25,26,27). The number of benzene rings is 3. The predicted octanol–water partition coefficient (Wildman–Crippen LogP) is 3.77. The van der Waals surface area contributed by atoms with Crippen LogP contribution in [0.3, 0.4) is 0 Å². The zero-order valence-electron chi connectivity index (χ0n) is 15.6. The lowest BCUT2D eigenvalue weighted by atomic mass is 10.1. The molecule has 0 aliphatic carbocycles. The van der Waals surface area contributed by atoms with Crippen LogP contribution in [0.4, 0.5) is 11.4 Å². The second kappa shape index (κ2) is 7.65. The number of azo groups is 1. The first-order valence-electron chi connectivity index (χ1n) is 8.23. The molecule has 3 N–H and O–H groups in total. The molecule has 0 bridgehead atoms. The maximum absolute atomic E-state index is 11.7. The molecule has 12 heteroatoms. The molecule has 0 amide bonds. The Bertz CT molecular complexity index is 1400. The van der Waals surface area contributed by atoms with Crippen LogP contribution < -0.4 is 4.74 Å². The second-order valence-corrected chi connectivity index (χ2v) is 9.07. The van der Waals surface area contributed by atoms with Gasteiger partial charge in [-0.25, -0.2) is 0 Å². The van der Waals surface area contributed by atoms with Gasteiger partial charge >= 0.3 is 0 Å². The van der Waals surface area contributed by atoms with Crippen molar-refractivity contribution in [2.45, 2.75) is 16.7 Å². The Morgan fingerprint density at radius 3 is 2.20 bits per heavy atom. The Kier molecular flexibility index (Phi) is 5.52. The van der Waals surface area contributed by atoms with E-state index in [0.717, 1.165) is 12.1 Å². The summed E-state index contributed by atoms with van der Waals surface area (Å²) in [5, 5.41) is 18.6. The average molecular weight is 452 g/mol. The van der Waals surface area contributed by atoms with E-state index in [1.54, 1.807) is 6.92 Å². The van der Waals surface area contributed by atoms with Crippen molar-refractivity contribution in [2.75, 3.05) is 7.11 Å². The number of methoxy groups -OCH3 is 1. The van der Waals surface area contributed by atoms with E-state index >= 15 is 0 Å². The molecule has 0 aliphatic rings. The number of nitrogens with zero attached hydrogens (tertiary/aromatic N) is 2. The zero-order valence-corrected chi connectivity index (χ0v) is 17.3. The van der Waals surface area contributed by atoms with E-state index in [0.29, 0.717) is 16.3 Å². The molecule has 3 aromatic carbocycles. The van der Waals surface area contributed by atoms with Crippen molar-refractivity contribution in [3.8, 4) is 11.5 Å². The number of aromatic hydroxyl groups is 1. The topological polar surface area (TPSA) is 163 Å².